The van der Waals surface area contributed by atoms with Crippen LogP contribution in [0, 0.1) is 0 Å². The largest absolute Gasteiger partial charge is 0.484 e. The van der Waals surface area contributed by atoms with E-state index >= 15 is 0 Å². The molecule has 5 nitrogen and oxygen atoms in total. The Morgan fingerprint density at radius 2 is 2.25 bits per heavy atom. The second-order valence-corrected chi connectivity index (χ2v) is 5.10. The van der Waals surface area contributed by atoms with Crippen LogP contribution >= 0.6 is 0 Å². The number of amides is 1. The average Bonchev–Trinajstić information content (AvgIpc) is 2.46. The fourth-order valence-electron chi connectivity index (χ4n) is 2.15. The second kappa shape index (κ2) is 7.26. The van der Waals surface area contributed by atoms with Gasteiger partial charge in [-0.3, -0.25) is 4.79 Å². The molecule has 1 aromatic carbocycles. The maximum absolute atomic E-state index is 11.8. The summed E-state index contributed by atoms with van der Waals surface area (Å²) in [5, 5.41) is 2.96. The lowest BCUT2D eigenvalue weighted by molar-refractivity contribution is -0.124. The van der Waals surface area contributed by atoms with Gasteiger partial charge < -0.3 is 20.5 Å². The van der Waals surface area contributed by atoms with E-state index < -0.39 is 0 Å². The van der Waals surface area contributed by atoms with Crippen molar-refractivity contribution in [3.63, 3.8) is 0 Å². The number of rotatable bonds is 5. The molecule has 1 amide bonds. The molecule has 0 aliphatic carbocycles. The number of hydrogen-bond acceptors (Lipinski definition) is 4. The molecule has 0 aromatic heterocycles. The van der Waals surface area contributed by atoms with Crippen molar-refractivity contribution >= 4 is 5.91 Å². The van der Waals surface area contributed by atoms with Gasteiger partial charge in [-0.2, -0.15) is 0 Å². The van der Waals surface area contributed by atoms with Crippen molar-refractivity contribution in [1.29, 1.82) is 0 Å². The summed E-state index contributed by atoms with van der Waals surface area (Å²) in [6, 6.07) is 7.68. The summed E-state index contributed by atoms with van der Waals surface area (Å²) in [5.74, 6) is 0.574. The minimum Gasteiger partial charge on any atom is -0.484 e. The minimum atomic E-state index is -0.0944. The van der Waals surface area contributed by atoms with Gasteiger partial charge in [0, 0.05) is 25.3 Å². The van der Waals surface area contributed by atoms with Gasteiger partial charge in [-0.25, -0.2) is 0 Å². The monoisotopic (exact) mass is 278 g/mol. The molecular weight excluding hydrogens is 256 g/mol. The van der Waals surface area contributed by atoms with Crippen molar-refractivity contribution in [2.45, 2.75) is 31.8 Å². The number of nitrogens with one attached hydrogen (secondary N) is 1. The molecule has 0 bridgehead atoms. The van der Waals surface area contributed by atoms with Crippen LogP contribution < -0.4 is 15.8 Å². The van der Waals surface area contributed by atoms with Gasteiger partial charge in [0.1, 0.15) is 5.75 Å². The zero-order valence-corrected chi connectivity index (χ0v) is 11.8. The highest BCUT2D eigenvalue weighted by Gasteiger charge is 2.16. The van der Waals surface area contributed by atoms with E-state index in [4.69, 9.17) is 15.2 Å². The average molecular weight is 278 g/mol. The maximum atomic E-state index is 11.8. The first-order chi connectivity index (χ1) is 9.65. The van der Waals surface area contributed by atoms with Crippen LogP contribution in [0.15, 0.2) is 24.3 Å². The summed E-state index contributed by atoms with van der Waals surface area (Å²) in [6.45, 7) is 3.36. The fraction of sp³-hybridized carbons (Fsp3) is 0.533. The Kier molecular flexibility index (Phi) is 5.38. The number of ether oxygens (including phenoxy) is 2. The van der Waals surface area contributed by atoms with Crippen LogP contribution in [0.5, 0.6) is 5.75 Å². The summed E-state index contributed by atoms with van der Waals surface area (Å²) < 4.78 is 10.8. The van der Waals surface area contributed by atoms with E-state index in [-0.39, 0.29) is 24.6 Å². The molecule has 1 atom stereocenters. The highest BCUT2D eigenvalue weighted by molar-refractivity contribution is 5.77. The van der Waals surface area contributed by atoms with E-state index in [1.807, 2.05) is 31.2 Å². The van der Waals surface area contributed by atoms with Gasteiger partial charge in [-0.15, -0.1) is 0 Å². The molecule has 0 radical (unpaired) electrons. The Morgan fingerprint density at radius 3 is 2.95 bits per heavy atom. The Balaban J connectivity index is 1.79. The molecule has 1 aliphatic rings. The summed E-state index contributed by atoms with van der Waals surface area (Å²) in [5.41, 5.74) is 6.81. The van der Waals surface area contributed by atoms with Crippen molar-refractivity contribution in [3.8, 4) is 5.75 Å². The Bertz CT molecular complexity index is 442. The van der Waals surface area contributed by atoms with Gasteiger partial charge in [-0.1, -0.05) is 12.1 Å². The third-order valence-corrected chi connectivity index (χ3v) is 3.34. The highest BCUT2D eigenvalue weighted by atomic mass is 16.5. The Labute approximate surface area is 119 Å². The SMILES string of the molecule is CC(N)c1cccc(OCC(=O)NC2CCOCC2)c1. The van der Waals surface area contributed by atoms with Gasteiger partial charge in [-0.05, 0) is 37.5 Å². The van der Waals surface area contributed by atoms with Crippen LogP contribution in [0.1, 0.15) is 31.4 Å². The van der Waals surface area contributed by atoms with Crippen molar-refractivity contribution in [1.82, 2.24) is 5.32 Å². The third kappa shape index (κ3) is 4.51. The number of hydrogen-bond donors (Lipinski definition) is 2. The second-order valence-electron chi connectivity index (χ2n) is 5.10. The smallest absolute Gasteiger partial charge is 0.258 e. The molecule has 20 heavy (non-hydrogen) atoms. The zero-order chi connectivity index (χ0) is 14.4. The molecule has 1 aromatic rings. The van der Waals surface area contributed by atoms with E-state index in [0.29, 0.717) is 19.0 Å². The van der Waals surface area contributed by atoms with Crippen molar-refractivity contribution in [3.05, 3.63) is 29.8 Å². The third-order valence-electron chi connectivity index (χ3n) is 3.34. The molecule has 1 fully saturated rings. The Hall–Kier alpha value is -1.59. The van der Waals surface area contributed by atoms with Crippen molar-refractivity contribution in [2.24, 2.45) is 5.73 Å². The first-order valence-corrected chi connectivity index (χ1v) is 7.00. The lowest BCUT2D eigenvalue weighted by atomic mass is 10.1. The lowest BCUT2D eigenvalue weighted by Crippen LogP contribution is -2.41. The topological polar surface area (TPSA) is 73.6 Å². The normalized spacial score (nSPS) is 17.5. The first kappa shape index (κ1) is 14.8. The molecule has 0 spiro atoms. The van der Waals surface area contributed by atoms with Crippen LogP contribution in [-0.2, 0) is 9.53 Å². The van der Waals surface area contributed by atoms with Crippen LogP contribution in [0.3, 0.4) is 0 Å². The molecule has 0 saturated carbocycles. The molecule has 5 heteroatoms. The zero-order valence-electron chi connectivity index (χ0n) is 11.8. The van der Waals surface area contributed by atoms with E-state index in [1.54, 1.807) is 0 Å². The molecule has 1 aliphatic heterocycles. The van der Waals surface area contributed by atoms with Crippen LogP contribution in [-0.4, -0.2) is 31.8 Å². The molecule has 3 N–H and O–H groups in total. The number of carbonyl (C=O) groups is 1. The van der Waals surface area contributed by atoms with Gasteiger partial charge >= 0.3 is 0 Å². The van der Waals surface area contributed by atoms with Gasteiger partial charge in [0.25, 0.3) is 5.91 Å². The summed E-state index contributed by atoms with van der Waals surface area (Å²) >= 11 is 0. The molecule has 1 unspecified atom stereocenters. The predicted molar refractivity (Wildman–Crippen MR) is 76.5 cm³/mol. The summed E-state index contributed by atoms with van der Waals surface area (Å²) in [6.07, 6.45) is 1.73. The minimum absolute atomic E-state index is 0.0275. The number of carbonyl (C=O) groups excluding carboxylic acids is 1. The highest BCUT2D eigenvalue weighted by Crippen LogP contribution is 2.17. The maximum Gasteiger partial charge on any atom is 0.258 e. The van der Waals surface area contributed by atoms with Crippen molar-refractivity contribution < 1.29 is 14.3 Å². The first-order valence-electron chi connectivity index (χ1n) is 7.00. The predicted octanol–water partition coefficient (Wildman–Crippen LogP) is 1.38. The quantitative estimate of drug-likeness (QED) is 0.853. The van der Waals surface area contributed by atoms with Gasteiger partial charge in [0.05, 0.1) is 0 Å². The Morgan fingerprint density at radius 1 is 1.50 bits per heavy atom. The summed E-state index contributed by atoms with van der Waals surface area (Å²) in [7, 11) is 0. The lowest BCUT2D eigenvalue weighted by Gasteiger charge is -2.23. The molecule has 110 valence electrons. The van der Waals surface area contributed by atoms with E-state index in [1.165, 1.54) is 0 Å². The van der Waals surface area contributed by atoms with E-state index in [0.717, 1.165) is 18.4 Å². The van der Waals surface area contributed by atoms with Crippen LogP contribution in [0.4, 0.5) is 0 Å². The van der Waals surface area contributed by atoms with Crippen molar-refractivity contribution in [2.75, 3.05) is 19.8 Å². The number of nitrogens with two attached hydrogens (primary N) is 1. The van der Waals surface area contributed by atoms with Crippen LogP contribution in [0.2, 0.25) is 0 Å². The molecule has 2 rings (SSSR count). The molecule has 1 saturated heterocycles. The summed E-state index contributed by atoms with van der Waals surface area (Å²) in [4.78, 5) is 11.8. The molecule has 1 heterocycles. The molecular formula is C15H22N2O3. The van der Waals surface area contributed by atoms with E-state index in [9.17, 15) is 4.79 Å². The van der Waals surface area contributed by atoms with Gasteiger partial charge in [0.15, 0.2) is 6.61 Å². The van der Waals surface area contributed by atoms with E-state index in [2.05, 4.69) is 5.32 Å². The standard InChI is InChI=1S/C15H22N2O3/c1-11(16)12-3-2-4-14(9-12)20-10-15(18)17-13-5-7-19-8-6-13/h2-4,9,11,13H,5-8,10,16H2,1H3,(H,17,18). The number of benzene rings is 1. The van der Waals surface area contributed by atoms with Gasteiger partial charge in [0.2, 0.25) is 0 Å². The fourth-order valence-corrected chi connectivity index (χ4v) is 2.15. The van der Waals surface area contributed by atoms with Crippen LogP contribution in [0.25, 0.3) is 0 Å².